The highest BCUT2D eigenvalue weighted by Gasteiger charge is 2.12. The predicted molar refractivity (Wildman–Crippen MR) is 81.7 cm³/mol. The van der Waals surface area contributed by atoms with Crippen LogP contribution in [0.15, 0.2) is 40.8 Å². The van der Waals surface area contributed by atoms with Crippen molar-refractivity contribution in [1.29, 1.82) is 0 Å². The number of nitrogens with one attached hydrogen (secondary N) is 1. The number of hydrogen-bond acceptors (Lipinski definition) is 3. The molecule has 0 bridgehead atoms. The average Bonchev–Trinajstić information content (AvgIpc) is 2.99. The van der Waals surface area contributed by atoms with E-state index in [2.05, 4.69) is 5.32 Å². The third-order valence-electron chi connectivity index (χ3n) is 3.48. The zero-order valence-electron chi connectivity index (χ0n) is 12.5. The highest BCUT2D eigenvalue weighted by Crippen LogP contribution is 2.25. The molecule has 1 unspecified atom stereocenters. The van der Waals surface area contributed by atoms with Crippen LogP contribution in [0.1, 0.15) is 25.5 Å². The van der Waals surface area contributed by atoms with Crippen LogP contribution in [0, 0.1) is 5.82 Å². The first-order chi connectivity index (χ1) is 10.6. The van der Waals surface area contributed by atoms with Crippen molar-refractivity contribution in [3.05, 3.63) is 48.0 Å². The largest absolute Gasteiger partial charge is 0.461 e. The fourth-order valence-corrected chi connectivity index (χ4v) is 2.13. The van der Waals surface area contributed by atoms with Crippen molar-refractivity contribution in [2.45, 2.75) is 32.2 Å². The van der Waals surface area contributed by atoms with E-state index in [1.807, 2.05) is 6.92 Å². The van der Waals surface area contributed by atoms with E-state index in [0.29, 0.717) is 29.9 Å². The Hall–Kier alpha value is -2.14. The molecule has 0 radical (unpaired) electrons. The first kappa shape index (κ1) is 16.2. The Morgan fingerprint density at radius 1 is 1.32 bits per heavy atom. The normalized spacial score (nSPS) is 12.1. The van der Waals surface area contributed by atoms with Crippen LogP contribution in [0.5, 0.6) is 0 Å². The van der Waals surface area contributed by atoms with Crippen LogP contribution in [0.4, 0.5) is 4.39 Å². The van der Waals surface area contributed by atoms with Gasteiger partial charge >= 0.3 is 0 Å². The van der Waals surface area contributed by atoms with Crippen molar-refractivity contribution in [2.24, 2.45) is 0 Å². The second-order valence-electron chi connectivity index (χ2n) is 5.10. The number of furan rings is 1. The van der Waals surface area contributed by atoms with E-state index < -0.39 is 0 Å². The van der Waals surface area contributed by atoms with Gasteiger partial charge < -0.3 is 14.8 Å². The number of benzene rings is 1. The molecule has 0 aliphatic heterocycles. The van der Waals surface area contributed by atoms with Gasteiger partial charge in [-0.1, -0.05) is 19.1 Å². The molecule has 0 fully saturated rings. The maximum absolute atomic E-state index is 13.7. The third-order valence-corrected chi connectivity index (χ3v) is 3.48. The van der Waals surface area contributed by atoms with Gasteiger partial charge in [-0.05, 0) is 30.7 Å². The van der Waals surface area contributed by atoms with Gasteiger partial charge in [0.15, 0.2) is 0 Å². The fourth-order valence-electron chi connectivity index (χ4n) is 2.13. The second kappa shape index (κ2) is 7.75. The molecule has 2 rings (SSSR count). The first-order valence-corrected chi connectivity index (χ1v) is 7.38. The van der Waals surface area contributed by atoms with Gasteiger partial charge in [0, 0.05) is 12.8 Å². The van der Waals surface area contributed by atoms with Crippen LogP contribution in [0.25, 0.3) is 11.3 Å². The van der Waals surface area contributed by atoms with E-state index in [9.17, 15) is 9.18 Å². The molecule has 1 heterocycles. The fraction of sp³-hybridized carbons (Fsp3) is 0.353. The van der Waals surface area contributed by atoms with E-state index in [1.54, 1.807) is 30.3 Å². The molecule has 4 nitrogen and oxygen atoms in total. The summed E-state index contributed by atoms with van der Waals surface area (Å²) >= 11 is 0. The number of carbonyl (C=O) groups is 1. The molecule has 1 atom stereocenters. The Bertz CT molecular complexity index is 620. The number of hydrogen-bond donors (Lipinski definition) is 2. The monoisotopic (exact) mass is 305 g/mol. The molecule has 118 valence electrons. The van der Waals surface area contributed by atoms with Crippen LogP contribution >= 0.6 is 0 Å². The summed E-state index contributed by atoms with van der Waals surface area (Å²) in [6.45, 7) is 1.83. The van der Waals surface area contributed by atoms with Crippen LogP contribution in [-0.2, 0) is 11.2 Å². The van der Waals surface area contributed by atoms with E-state index in [0.717, 1.165) is 0 Å². The average molecular weight is 305 g/mol. The SMILES string of the molecule is CCC(CO)NC(=O)CCc1ccc(-c2ccccc2F)o1. The zero-order valence-corrected chi connectivity index (χ0v) is 12.5. The van der Waals surface area contributed by atoms with Crippen molar-refractivity contribution >= 4 is 5.91 Å². The van der Waals surface area contributed by atoms with Gasteiger partial charge in [-0.3, -0.25) is 4.79 Å². The standard InChI is InChI=1S/C17H20FNO3/c1-2-12(11-20)19-17(21)10-8-13-7-9-16(22-13)14-5-3-4-6-15(14)18/h3-7,9,12,20H,2,8,10-11H2,1H3,(H,19,21). The molecule has 1 aromatic carbocycles. The lowest BCUT2D eigenvalue weighted by Crippen LogP contribution is -2.36. The minimum Gasteiger partial charge on any atom is -0.461 e. The molecule has 2 aromatic rings. The summed E-state index contributed by atoms with van der Waals surface area (Å²) < 4.78 is 19.3. The van der Waals surface area contributed by atoms with Crippen molar-refractivity contribution in [1.82, 2.24) is 5.32 Å². The molecule has 22 heavy (non-hydrogen) atoms. The maximum Gasteiger partial charge on any atom is 0.220 e. The number of carbonyl (C=O) groups excluding carboxylic acids is 1. The van der Waals surface area contributed by atoms with Gasteiger partial charge in [-0.15, -0.1) is 0 Å². The lowest BCUT2D eigenvalue weighted by molar-refractivity contribution is -0.122. The molecular formula is C17H20FNO3. The molecule has 0 saturated heterocycles. The Morgan fingerprint density at radius 2 is 2.09 bits per heavy atom. The van der Waals surface area contributed by atoms with Gasteiger partial charge in [0.25, 0.3) is 0 Å². The minimum atomic E-state index is -0.338. The Kier molecular flexibility index (Phi) is 5.72. The first-order valence-electron chi connectivity index (χ1n) is 7.38. The van der Waals surface area contributed by atoms with Crippen molar-refractivity contribution in [3.8, 4) is 11.3 Å². The zero-order chi connectivity index (χ0) is 15.9. The second-order valence-corrected chi connectivity index (χ2v) is 5.10. The summed E-state index contributed by atoms with van der Waals surface area (Å²) in [4.78, 5) is 11.8. The highest BCUT2D eigenvalue weighted by atomic mass is 19.1. The minimum absolute atomic E-state index is 0.0690. The number of halogens is 1. The topological polar surface area (TPSA) is 62.5 Å². The number of aliphatic hydroxyl groups is 1. The summed E-state index contributed by atoms with van der Waals surface area (Å²) in [7, 11) is 0. The lowest BCUT2D eigenvalue weighted by atomic mass is 10.1. The van der Waals surface area contributed by atoms with Gasteiger partial charge in [-0.2, -0.15) is 0 Å². The van der Waals surface area contributed by atoms with E-state index >= 15 is 0 Å². The lowest BCUT2D eigenvalue weighted by Gasteiger charge is -2.13. The molecule has 0 spiro atoms. The van der Waals surface area contributed by atoms with E-state index in [1.165, 1.54) is 6.07 Å². The van der Waals surface area contributed by atoms with Crippen LogP contribution in [-0.4, -0.2) is 23.7 Å². The molecule has 2 N–H and O–H groups in total. The molecule has 0 aliphatic carbocycles. The molecule has 5 heteroatoms. The van der Waals surface area contributed by atoms with Crippen molar-refractivity contribution in [2.75, 3.05) is 6.61 Å². The number of amides is 1. The molecule has 1 aromatic heterocycles. The molecular weight excluding hydrogens is 285 g/mol. The van der Waals surface area contributed by atoms with Crippen molar-refractivity contribution < 1.29 is 18.7 Å². The van der Waals surface area contributed by atoms with Crippen molar-refractivity contribution in [3.63, 3.8) is 0 Å². The molecule has 0 aliphatic rings. The summed E-state index contributed by atoms with van der Waals surface area (Å²) in [6.07, 6.45) is 1.38. The van der Waals surface area contributed by atoms with Gasteiger partial charge in [-0.25, -0.2) is 4.39 Å². The number of aryl methyl sites for hydroxylation is 1. The number of rotatable bonds is 7. The third kappa shape index (κ3) is 4.18. The Balaban J connectivity index is 1.93. The maximum atomic E-state index is 13.7. The molecule has 0 saturated carbocycles. The summed E-state index contributed by atoms with van der Waals surface area (Å²) in [5.41, 5.74) is 0.407. The van der Waals surface area contributed by atoms with Crippen LogP contribution in [0.2, 0.25) is 0 Å². The molecule has 1 amide bonds. The Labute approximate surface area is 129 Å². The van der Waals surface area contributed by atoms with Gasteiger partial charge in [0.1, 0.15) is 17.3 Å². The van der Waals surface area contributed by atoms with E-state index in [4.69, 9.17) is 9.52 Å². The van der Waals surface area contributed by atoms with Gasteiger partial charge in [0.05, 0.1) is 18.2 Å². The van der Waals surface area contributed by atoms with Gasteiger partial charge in [0.2, 0.25) is 5.91 Å². The summed E-state index contributed by atoms with van der Waals surface area (Å²) in [6, 6.07) is 9.64. The predicted octanol–water partition coefficient (Wildman–Crippen LogP) is 2.91. The highest BCUT2D eigenvalue weighted by molar-refractivity contribution is 5.76. The van der Waals surface area contributed by atoms with Crippen LogP contribution < -0.4 is 5.32 Å². The smallest absolute Gasteiger partial charge is 0.220 e. The quantitative estimate of drug-likeness (QED) is 0.827. The summed E-state index contributed by atoms with van der Waals surface area (Å²) in [5.74, 6) is 0.611. The van der Waals surface area contributed by atoms with E-state index in [-0.39, 0.29) is 30.8 Å². The summed E-state index contributed by atoms with van der Waals surface area (Å²) in [5, 5.41) is 11.8. The van der Waals surface area contributed by atoms with Crippen LogP contribution in [0.3, 0.4) is 0 Å². The Morgan fingerprint density at radius 3 is 2.77 bits per heavy atom. The number of aliphatic hydroxyl groups excluding tert-OH is 1.